The molecule has 1 heterocycles. The van der Waals surface area contributed by atoms with E-state index in [4.69, 9.17) is 4.42 Å². The third-order valence-electron chi connectivity index (χ3n) is 3.62. The van der Waals surface area contributed by atoms with E-state index in [-0.39, 0.29) is 0 Å². The van der Waals surface area contributed by atoms with E-state index < -0.39 is 5.76 Å². The number of hydrogen-bond acceptors (Lipinski definition) is 4. The molecule has 5 nitrogen and oxygen atoms in total. The van der Waals surface area contributed by atoms with Crippen molar-refractivity contribution in [2.45, 2.75) is 38.1 Å². The average Bonchev–Trinajstić information content (AvgIpc) is 2.89. The highest BCUT2D eigenvalue weighted by atomic mass is 79.9. The highest BCUT2D eigenvalue weighted by Gasteiger charge is 2.15. The molecular weight excluding hydrogens is 322 g/mol. The second-order valence-corrected chi connectivity index (χ2v) is 5.95. The number of nitrogens with zero attached hydrogens (tertiary/aromatic N) is 1. The Balaban J connectivity index is 1.84. The number of rotatable bonds is 3. The summed E-state index contributed by atoms with van der Waals surface area (Å²) in [5, 5.41) is 9.70. The molecule has 0 radical (unpaired) electrons. The summed E-state index contributed by atoms with van der Waals surface area (Å²) < 4.78 is 5.99. The summed E-state index contributed by atoms with van der Waals surface area (Å²) in [7, 11) is 0. The Bertz CT molecular complexity index is 644. The third kappa shape index (κ3) is 2.95. The predicted molar refractivity (Wildman–Crippen MR) is 80.8 cm³/mol. The van der Waals surface area contributed by atoms with Crippen molar-refractivity contribution in [2.75, 3.05) is 5.32 Å². The van der Waals surface area contributed by atoms with E-state index in [1.807, 2.05) is 18.2 Å². The van der Waals surface area contributed by atoms with Crippen LogP contribution < -0.4 is 11.1 Å². The Morgan fingerprint density at radius 2 is 2.10 bits per heavy atom. The minimum Gasteiger partial charge on any atom is -0.388 e. The Morgan fingerprint density at radius 1 is 1.30 bits per heavy atom. The van der Waals surface area contributed by atoms with E-state index in [2.05, 4.69) is 31.4 Å². The molecule has 0 bridgehead atoms. The summed E-state index contributed by atoms with van der Waals surface area (Å²) >= 11 is 3.55. The fourth-order valence-corrected chi connectivity index (χ4v) is 2.95. The van der Waals surface area contributed by atoms with Gasteiger partial charge in [-0.25, -0.2) is 9.89 Å². The van der Waals surface area contributed by atoms with E-state index in [9.17, 15) is 4.79 Å². The molecule has 0 unspecified atom stereocenters. The van der Waals surface area contributed by atoms with Crippen molar-refractivity contribution in [3.63, 3.8) is 0 Å². The molecule has 20 heavy (non-hydrogen) atoms. The van der Waals surface area contributed by atoms with Gasteiger partial charge in [0.15, 0.2) is 0 Å². The second-order valence-electron chi connectivity index (χ2n) is 5.09. The molecule has 2 N–H and O–H groups in total. The van der Waals surface area contributed by atoms with Crippen LogP contribution >= 0.6 is 15.9 Å². The van der Waals surface area contributed by atoms with E-state index in [1.54, 1.807) is 0 Å². The van der Waals surface area contributed by atoms with Crippen LogP contribution in [0.1, 0.15) is 32.1 Å². The van der Waals surface area contributed by atoms with Crippen LogP contribution in [0.3, 0.4) is 0 Å². The van der Waals surface area contributed by atoms with Crippen molar-refractivity contribution in [1.82, 2.24) is 10.2 Å². The van der Waals surface area contributed by atoms with Gasteiger partial charge in [0.25, 0.3) is 0 Å². The van der Waals surface area contributed by atoms with Crippen molar-refractivity contribution < 1.29 is 4.42 Å². The first-order chi connectivity index (χ1) is 9.72. The fourth-order valence-electron chi connectivity index (χ4n) is 2.59. The number of hydrogen-bond donors (Lipinski definition) is 2. The largest absolute Gasteiger partial charge is 0.434 e. The minimum atomic E-state index is -0.537. The van der Waals surface area contributed by atoms with E-state index in [1.165, 1.54) is 32.1 Å². The Hall–Kier alpha value is -1.56. The van der Waals surface area contributed by atoms with Crippen LogP contribution in [-0.2, 0) is 0 Å². The Labute approximate surface area is 124 Å². The highest BCUT2D eigenvalue weighted by molar-refractivity contribution is 9.10. The lowest BCUT2D eigenvalue weighted by molar-refractivity contribution is 0.462. The number of anilines is 1. The molecule has 1 aliphatic carbocycles. The van der Waals surface area contributed by atoms with Gasteiger partial charge in [0.2, 0.25) is 5.89 Å². The normalized spacial score (nSPS) is 16.2. The lowest BCUT2D eigenvalue weighted by Gasteiger charge is -2.24. The van der Waals surface area contributed by atoms with Crippen molar-refractivity contribution in [2.24, 2.45) is 0 Å². The molecule has 1 aliphatic rings. The minimum absolute atomic E-state index is 0.314. The van der Waals surface area contributed by atoms with Crippen molar-refractivity contribution in [3.05, 3.63) is 33.2 Å². The molecule has 0 atom stereocenters. The van der Waals surface area contributed by atoms with E-state index >= 15 is 0 Å². The first-order valence-electron chi connectivity index (χ1n) is 6.84. The molecule has 0 aliphatic heterocycles. The predicted octanol–water partition coefficient (Wildman–Crippen LogP) is 3.54. The van der Waals surface area contributed by atoms with E-state index in [0.717, 1.165) is 15.7 Å². The Kier molecular flexibility index (Phi) is 3.91. The maximum atomic E-state index is 11.0. The number of halogens is 1. The smallest absolute Gasteiger partial charge is 0.388 e. The summed E-state index contributed by atoms with van der Waals surface area (Å²) in [6, 6.07) is 6.28. The van der Waals surface area contributed by atoms with Crippen LogP contribution in [0.2, 0.25) is 0 Å². The fraction of sp³-hybridized carbons (Fsp3) is 0.429. The number of aromatic amines is 1. The monoisotopic (exact) mass is 337 g/mol. The van der Waals surface area contributed by atoms with Gasteiger partial charge in [-0.15, -0.1) is 5.10 Å². The van der Waals surface area contributed by atoms with Gasteiger partial charge < -0.3 is 9.73 Å². The first kappa shape index (κ1) is 13.4. The van der Waals surface area contributed by atoms with Crippen LogP contribution in [0.5, 0.6) is 0 Å². The molecular formula is C14H16BrN3O2. The van der Waals surface area contributed by atoms with Gasteiger partial charge in [0.1, 0.15) is 0 Å². The van der Waals surface area contributed by atoms with Crippen LogP contribution in [-0.4, -0.2) is 16.2 Å². The van der Waals surface area contributed by atoms with Gasteiger partial charge >= 0.3 is 5.76 Å². The zero-order chi connectivity index (χ0) is 13.9. The first-order valence-corrected chi connectivity index (χ1v) is 7.63. The summed E-state index contributed by atoms with van der Waals surface area (Å²) in [4.78, 5) is 11.0. The van der Waals surface area contributed by atoms with Gasteiger partial charge in [0.05, 0.1) is 0 Å². The second kappa shape index (κ2) is 5.83. The maximum Gasteiger partial charge on any atom is 0.434 e. The van der Waals surface area contributed by atoms with Crippen LogP contribution in [0.4, 0.5) is 5.69 Å². The topological polar surface area (TPSA) is 70.9 Å². The van der Waals surface area contributed by atoms with E-state index in [0.29, 0.717) is 11.9 Å². The van der Waals surface area contributed by atoms with Crippen molar-refractivity contribution in [1.29, 1.82) is 0 Å². The van der Waals surface area contributed by atoms with Gasteiger partial charge in [-0.1, -0.05) is 19.3 Å². The number of nitrogens with one attached hydrogen (secondary N) is 2. The molecule has 1 fully saturated rings. The zero-order valence-electron chi connectivity index (χ0n) is 11.0. The lowest BCUT2D eigenvalue weighted by Crippen LogP contribution is -2.22. The standard InChI is InChI=1S/C14H16BrN3O2/c15-11-7-6-9(13-17-18-14(19)20-13)8-12(11)16-10-4-2-1-3-5-10/h6-8,10,16H,1-5H2,(H,18,19). The number of H-pyrrole nitrogens is 1. The average molecular weight is 338 g/mol. The molecule has 106 valence electrons. The Morgan fingerprint density at radius 3 is 2.80 bits per heavy atom. The van der Waals surface area contributed by atoms with Crippen LogP contribution in [0.25, 0.3) is 11.5 Å². The molecule has 6 heteroatoms. The summed E-state index contributed by atoms with van der Waals surface area (Å²) in [6.07, 6.45) is 6.30. The highest BCUT2D eigenvalue weighted by Crippen LogP contribution is 2.30. The van der Waals surface area contributed by atoms with Gasteiger partial charge in [-0.05, 0) is 47.0 Å². The summed E-state index contributed by atoms with van der Waals surface area (Å²) in [5.74, 6) is -0.223. The molecule has 3 rings (SSSR count). The molecule has 1 aromatic carbocycles. The molecule has 0 amide bonds. The summed E-state index contributed by atoms with van der Waals surface area (Å²) in [5.41, 5.74) is 1.80. The third-order valence-corrected chi connectivity index (χ3v) is 4.31. The van der Waals surface area contributed by atoms with Crippen molar-refractivity contribution >= 4 is 21.6 Å². The molecule has 1 saturated carbocycles. The molecule has 0 saturated heterocycles. The lowest BCUT2D eigenvalue weighted by atomic mass is 9.95. The SMILES string of the molecule is O=c1[nH]nc(-c2ccc(Br)c(NC3CCCCC3)c2)o1. The number of aromatic nitrogens is 2. The van der Waals surface area contributed by atoms with Gasteiger partial charge in [0, 0.05) is 21.8 Å². The molecule has 1 aromatic heterocycles. The van der Waals surface area contributed by atoms with Crippen LogP contribution in [0.15, 0.2) is 31.9 Å². The molecule has 2 aromatic rings. The van der Waals surface area contributed by atoms with Crippen LogP contribution in [0, 0.1) is 0 Å². The number of benzene rings is 1. The van der Waals surface area contributed by atoms with Gasteiger partial charge in [-0.2, -0.15) is 0 Å². The zero-order valence-corrected chi connectivity index (χ0v) is 12.6. The van der Waals surface area contributed by atoms with Crippen molar-refractivity contribution in [3.8, 4) is 11.5 Å². The van der Waals surface area contributed by atoms with Gasteiger partial charge in [-0.3, -0.25) is 0 Å². The quantitative estimate of drug-likeness (QED) is 0.898. The summed E-state index contributed by atoms with van der Waals surface area (Å²) in [6.45, 7) is 0. The molecule has 0 spiro atoms. The maximum absolute atomic E-state index is 11.0.